The van der Waals surface area contributed by atoms with Gasteiger partial charge < -0.3 is 5.32 Å². The third kappa shape index (κ3) is 4.96. The summed E-state index contributed by atoms with van der Waals surface area (Å²) in [5.74, 6) is 0.841. The topological polar surface area (TPSA) is 46.2 Å². The molecule has 1 aromatic carbocycles. The van der Waals surface area contributed by atoms with Crippen LogP contribution in [0.2, 0.25) is 0 Å². The minimum atomic E-state index is -2.92. The molecule has 0 fully saturated rings. The van der Waals surface area contributed by atoms with Crippen molar-refractivity contribution in [2.75, 3.05) is 23.4 Å². The molecule has 0 bridgehead atoms. The summed E-state index contributed by atoms with van der Waals surface area (Å²) in [6, 6.07) is 7.65. The summed E-state index contributed by atoms with van der Waals surface area (Å²) in [6.45, 7) is 2.30. The van der Waals surface area contributed by atoms with Gasteiger partial charge in [0.25, 0.3) is 0 Å². The molecule has 0 aliphatic carbocycles. The van der Waals surface area contributed by atoms with Crippen LogP contribution in [0, 0.1) is 0 Å². The molecule has 0 unspecified atom stereocenters. The summed E-state index contributed by atoms with van der Waals surface area (Å²) in [5, 5.41) is 3.12. The average Bonchev–Trinajstić information content (AvgIpc) is 2.29. The van der Waals surface area contributed by atoms with Gasteiger partial charge in [-0.1, -0.05) is 25.1 Å². The molecule has 0 aliphatic heterocycles. The number of rotatable bonds is 7. The molecular formula is C12H18ClNO2S. The SMILES string of the molecule is CCCS(=O)(=O)CCNc1ccccc1CCl. The van der Waals surface area contributed by atoms with Crippen LogP contribution in [-0.4, -0.2) is 26.5 Å². The largest absolute Gasteiger partial charge is 0.384 e. The zero-order valence-corrected chi connectivity index (χ0v) is 11.5. The maximum Gasteiger partial charge on any atom is 0.152 e. The van der Waals surface area contributed by atoms with Crippen molar-refractivity contribution in [2.45, 2.75) is 19.2 Å². The molecule has 5 heteroatoms. The van der Waals surface area contributed by atoms with Crippen molar-refractivity contribution in [3.8, 4) is 0 Å². The van der Waals surface area contributed by atoms with E-state index in [-0.39, 0.29) is 11.5 Å². The van der Waals surface area contributed by atoms with Crippen LogP contribution in [0.25, 0.3) is 0 Å². The lowest BCUT2D eigenvalue weighted by Gasteiger charge is -2.10. The molecule has 1 N–H and O–H groups in total. The van der Waals surface area contributed by atoms with E-state index in [0.29, 0.717) is 18.8 Å². The first-order chi connectivity index (χ1) is 8.09. The molecule has 0 radical (unpaired) electrons. The molecule has 3 nitrogen and oxygen atoms in total. The monoisotopic (exact) mass is 275 g/mol. The second-order valence-electron chi connectivity index (χ2n) is 3.87. The molecule has 0 aromatic heterocycles. The van der Waals surface area contributed by atoms with Crippen molar-refractivity contribution in [2.24, 2.45) is 0 Å². The van der Waals surface area contributed by atoms with Crippen molar-refractivity contribution in [1.29, 1.82) is 0 Å². The van der Waals surface area contributed by atoms with Gasteiger partial charge in [-0.25, -0.2) is 8.42 Å². The van der Waals surface area contributed by atoms with E-state index in [1.165, 1.54) is 0 Å². The Kier molecular flexibility index (Phi) is 5.78. The third-order valence-corrected chi connectivity index (χ3v) is 4.55. The minimum absolute atomic E-state index is 0.164. The summed E-state index contributed by atoms with van der Waals surface area (Å²) < 4.78 is 23.0. The number of hydrogen-bond acceptors (Lipinski definition) is 3. The van der Waals surface area contributed by atoms with Gasteiger partial charge in [0.1, 0.15) is 0 Å². The number of alkyl halides is 1. The van der Waals surface area contributed by atoms with E-state index < -0.39 is 9.84 Å². The normalized spacial score (nSPS) is 11.4. The van der Waals surface area contributed by atoms with Crippen LogP contribution in [0.4, 0.5) is 5.69 Å². The Balaban J connectivity index is 2.51. The van der Waals surface area contributed by atoms with Crippen molar-refractivity contribution in [3.05, 3.63) is 29.8 Å². The second-order valence-corrected chi connectivity index (χ2v) is 6.44. The van der Waals surface area contributed by atoms with Gasteiger partial charge in [-0.2, -0.15) is 0 Å². The zero-order chi connectivity index (χ0) is 12.7. The first-order valence-electron chi connectivity index (χ1n) is 5.67. The van der Waals surface area contributed by atoms with Crippen LogP contribution in [0.15, 0.2) is 24.3 Å². The lowest BCUT2D eigenvalue weighted by molar-refractivity contribution is 0.595. The van der Waals surface area contributed by atoms with Gasteiger partial charge >= 0.3 is 0 Å². The highest BCUT2D eigenvalue weighted by molar-refractivity contribution is 7.91. The zero-order valence-electron chi connectivity index (χ0n) is 9.95. The molecule has 0 amide bonds. The number of benzene rings is 1. The lowest BCUT2D eigenvalue weighted by atomic mass is 10.2. The highest BCUT2D eigenvalue weighted by Gasteiger charge is 2.08. The van der Waals surface area contributed by atoms with Crippen LogP contribution < -0.4 is 5.32 Å². The number of anilines is 1. The van der Waals surface area contributed by atoms with Gasteiger partial charge in [-0.3, -0.25) is 0 Å². The van der Waals surface area contributed by atoms with E-state index in [0.717, 1.165) is 11.3 Å². The molecule has 96 valence electrons. The Morgan fingerprint density at radius 3 is 2.59 bits per heavy atom. The van der Waals surface area contributed by atoms with E-state index in [1.54, 1.807) is 0 Å². The van der Waals surface area contributed by atoms with Gasteiger partial charge in [0.2, 0.25) is 0 Å². The van der Waals surface area contributed by atoms with Crippen molar-refractivity contribution >= 4 is 27.1 Å². The first kappa shape index (κ1) is 14.3. The quantitative estimate of drug-likeness (QED) is 0.778. The number of para-hydroxylation sites is 1. The van der Waals surface area contributed by atoms with E-state index in [9.17, 15) is 8.42 Å². The van der Waals surface area contributed by atoms with Crippen molar-refractivity contribution in [1.82, 2.24) is 0 Å². The smallest absolute Gasteiger partial charge is 0.152 e. The Morgan fingerprint density at radius 2 is 1.94 bits per heavy atom. The predicted molar refractivity (Wildman–Crippen MR) is 73.4 cm³/mol. The Labute approximate surface area is 108 Å². The van der Waals surface area contributed by atoms with Crippen LogP contribution >= 0.6 is 11.6 Å². The van der Waals surface area contributed by atoms with Gasteiger partial charge in [0.15, 0.2) is 9.84 Å². The molecule has 1 aromatic rings. The maximum atomic E-state index is 11.5. The fourth-order valence-electron chi connectivity index (χ4n) is 1.56. The Morgan fingerprint density at radius 1 is 1.24 bits per heavy atom. The summed E-state index contributed by atoms with van der Waals surface area (Å²) in [4.78, 5) is 0. The highest BCUT2D eigenvalue weighted by Crippen LogP contribution is 2.16. The van der Waals surface area contributed by atoms with Crippen LogP contribution in [-0.2, 0) is 15.7 Å². The number of nitrogens with one attached hydrogen (secondary N) is 1. The maximum absolute atomic E-state index is 11.5. The van der Waals surface area contributed by atoms with Gasteiger partial charge in [0.05, 0.1) is 5.75 Å². The minimum Gasteiger partial charge on any atom is -0.384 e. The fourth-order valence-corrected chi connectivity index (χ4v) is 3.04. The third-order valence-electron chi connectivity index (χ3n) is 2.40. The van der Waals surface area contributed by atoms with Gasteiger partial charge in [-0.05, 0) is 18.1 Å². The highest BCUT2D eigenvalue weighted by atomic mass is 35.5. The lowest BCUT2D eigenvalue weighted by Crippen LogP contribution is -2.18. The molecule has 1 rings (SSSR count). The van der Waals surface area contributed by atoms with Crippen molar-refractivity contribution < 1.29 is 8.42 Å². The first-order valence-corrected chi connectivity index (χ1v) is 8.03. The molecule has 0 spiro atoms. The molecule has 0 saturated heterocycles. The Bertz CT molecular complexity index is 446. The molecule has 17 heavy (non-hydrogen) atoms. The van der Waals surface area contributed by atoms with Crippen LogP contribution in [0.1, 0.15) is 18.9 Å². The molecular weight excluding hydrogens is 258 g/mol. The summed E-state index contributed by atoms with van der Waals surface area (Å²) in [6.07, 6.45) is 0.667. The molecule has 0 heterocycles. The van der Waals surface area contributed by atoms with E-state index in [2.05, 4.69) is 5.32 Å². The number of hydrogen-bond donors (Lipinski definition) is 1. The predicted octanol–water partition coefficient (Wildman–Crippen LogP) is 2.66. The summed E-state index contributed by atoms with van der Waals surface area (Å²) in [5.41, 5.74) is 1.90. The number of halogens is 1. The Hall–Kier alpha value is -0.740. The molecule has 0 aliphatic rings. The molecule has 0 saturated carbocycles. The van der Waals surface area contributed by atoms with Gasteiger partial charge in [0, 0.05) is 23.9 Å². The average molecular weight is 276 g/mol. The van der Waals surface area contributed by atoms with Crippen molar-refractivity contribution in [3.63, 3.8) is 0 Å². The van der Waals surface area contributed by atoms with E-state index in [4.69, 9.17) is 11.6 Å². The van der Waals surface area contributed by atoms with Gasteiger partial charge in [-0.15, -0.1) is 11.6 Å². The molecule has 0 atom stereocenters. The van der Waals surface area contributed by atoms with E-state index >= 15 is 0 Å². The van der Waals surface area contributed by atoms with Crippen LogP contribution in [0.5, 0.6) is 0 Å². The van der Waals surface area contributed by atoms with E-state index in [1.807, 2.05) is 31.2 Å². The standard InChI is InChI=1S/C12H18ClNO2S/c1-2-8-17(15,16)9-7-14-12-6-4-3-5-11(12)10-13/h3-6,14H,2,7-10H2,1H3. The fraction of sp³-hybridized carbons (Fsp3) is 0.500. The second kappa shape index (κ2) is 6.87. The van der Waals surface area contributed by atoms with Crippen LogP contribution in [0.3, 0.4) is 0 Å². The summed E-state index contributed by atoms with van der Waals surface area (Å²) >= 11 is 5.79. The summed E-state index contributed by atoms with van der Waals surface area (Å²) in [7, 11) is -2.92. The number of sulfone groups is 1.